The van der Waals surface area contributed by atoms with Gasteiger partial charge in [0.25, 0.3) is 0 Å². The molecule has 1 unspecified atom stereocenters. The maximum absolute atomic E-state index is 9.06. The van der Waals surface area contributed by atoms with E-state index in [1.807, 2.05) is 0 Å². The molecule has 1 atom stereocenters. The first-order chi connectivity index (χ1) is 6.22. The van der Waals surface area contributed by atoms with Gasteiger partial charge in [-0.05, 0) is 12.8 Å². The summed E-state index contributed by atoms with van der Waals surface area (Å²) in [5.74, 6) is 0. The van der Waals surface area contributed by atoms with E-state index in [1.165, 1.54) is 7.11 Å². The van der Waals surface area contributed by atoms with Crippen molar-refractivity contribution in [3.8, 4) is 0 Å². The Bertz CT molecular complexity index is 249. The predicted molar refractivity (Wildman–Crippen MR) is 48.9 cm³/mol. The number of aromatic nitrogens is 2. The Balaban J connectivity index is 2.20. The SMILES string of the molecule is COC(O)CCCn1cc(N)cn1. The highest BCUT2D eigenvalue weighted by Crippen LogP contribution is 2.02. The second-order valence-corrected chi connectivity index (χ2v) is 2.87. The van der Waals surface area contributed by atoms with E-state index in [1.54, 1.807) is 17.1 Å². The Kier molecular flexibility index (Phi) is 3.72. The van der Waals surface area contributed by atoms with Gasteiger partial charge >= 0.3 is 0 Å². The lowest BCUT2D eigenvalue weighted by Crippen LogP contribution is -2.10. The van der Waals surface area contributed by atoms with Gasteiger partial charge in [-0.1, -0.05) is 0 Å². The number of aliphatic hydroxyl groups excluding tert-OH is 1. The summed E-state index contributed by atoms with van der Waals surface area (Å²) in [6.45, 7) is 0.748. The van der Waals surface area contributed by atoms with Gasteiger partial charge in [0.15, 0.2) is 6.29 Å². The lowest BCUT2D eigenvalue weighted by Gasteiger charge is -2.07. The van der Waals surface area contributed by atoms with Crippen molar-refractivity contribution in [3.05, 3.63) is 12.4 Å². The molecule has 0 amide bonds. The number of methoxy groups -OCH3 is 1. The maximum atomic E-state index is 9.06. The van der Waals surface area contributed by atoms with Crippen LogP contribution in [0.2, 0.25) is 0 Å². The van der Waals surface area contributed by atoms with Crippen LogP contribution in [0.4, 0.5) is 5.69 Å². The Hall–Kier alpha value is -1.07. The van der Waals surface area contributed by atoms with E-state index >= 15 is 0 Å². The smallest absolute Gasteiger partial charge is 0.154 e. The standard InChI is InChI=1S/C8H15N3O2/c1-13-8(12)3-2-4-11-6-7(9)5-10-11/h5-6,8,12H,2-4,9H2,1H3. The zero-order valence-corrected chi connectivity index (χ0v) is 7.68. The van der Waals surface area contributed by atoms with Gasteiger partial charge < -0.3 is 15.6 Å². The van der Waals surface area contributed by atoms with Crippen molar-refractivity contribution in [1.82, 2.24) is 9.78 Å². The molecule has 1 aromatic rings. The molecule has 74 valence electrons. The van der Waals surface area contributed by atoms with E-state index in [0.29, 0.717) is 12.1 Å². The van der Waals surface area contributed by atoms with Crippen molar-refractivity contribution in [2.75, 3.05) is 12.8 Å². The van der Waals surface area contributed by atoms with Crippen LogP contribution in [-0.2, 0) is 11.3 Å². The Labute approximate surface area is 77.1 Å². The largest absolute Gasteiger partial charge is 0.396 e. The summed E-state index contributed by atoms with van der Waals surface area (Å²) in [6, 6.07) is 0. The summed E-state index contributed by atoms with van der Waals surface area (Å²) < 4.78 is 6.44. The first-order valence-electron chi connectivity index (χ1n) is 4.21. The molecule has 3 N–H and O–H groups in total. The molecule has 0 fully saturated rings. The molecule has 1 heterocycles. The number of rotatable bonds is 5. The number of hydrogen-bond donors (Lipinski definition) is 2. The molecule has 0 aliphatic carbocycles. The van der Waals surface area contributed by atoms with Crippen LogP contribution < -0.4 is 5.73 Å². The molecule has 0 radical (unpaired) electrons. The number of hydrogen-bond acceptors (Lipinski definition) is 4. The number of nitrogens with two attached hydrogens (primary N) is 1. The molecule has 0 saturated carbocycles. The minimum Gasteiger partial charge on any atom is -0.396 e. The molecule has 0 aliphatic heterocycles. The molecule has 0 saturated heterocycles. The summed E-state index contributed by atoms with van der Waals surface area (Å²) in [4.78, 5) is 0. The topological polar surface area (TPSA) is 73.3 Å². The lowest BCUT2D eigenvalue weighted by atomic mass is 10.3. The Morgan fingerprint density at radius 2 is 2.54 bits per heavy atom. The fourth-order valence-corrected chi connectivity index (χ4v) is 1.05. The van der Waals surface area contributed by atoms with Crippen molar-refractivity contribution in [2.24, 2.45) is 0 Å². The highest BCUT2D eigenvalue weighted by molar-refractivity contribution is 5.30. The van der Waals surface area contributed by atoms with Gasteiger partial charge in [-0.25, -0.2) is 0 Å². The van der Waals surface area contributed by atoms with Gasteiger partial charge in [0.05, 0.1) is 11.9 Å². The third-order valence-corrected chi connectivity index (χ3v) is 1.76. The summed E-state index contributed by atoms with van der Waals surface area (Å²) >= 11 is 0. The molecule has 0 spiro atoms. The van der Waals surface area contributed by atoms with Gasteiger partial charge in [-0.3, -0.25) is 4.68 Å². The fraction of sp³-hybridized carbons (Fsp3) is 0.625. The van der Waals surface area contributed by atoms with Gasteiger partial charge in [-0.15, -0.1) is 0 Å². The molecular formula is C8H15N3O2. The molecule has 0 bridgehead atoms. The van der Waals surface area contributed by atoms with Crippen LogP contribution in [0.15, 0.2) is 12.4 Å². The van der Waals surface area contributed by atoms with Gasteiger partial charge in [0.2, 0.25) is 0 Å². The first kappa shape index (κ1) is 10.0. The number of anilines is 1. The molecular weight excluding hydrogens is 170 g/mol. The summed E-state index contributed by atoms with van der Waals surface area (Å²) in [6.07, 6.45) is 4.12. The quantitative estimate of drug-likeness (QED) is 0.643. The van der Waals surface area contributed by atoms with E-state index in [0.717, 1.165) is 13.0 Å². The highest BCUT2D eigenvalue weighted by atomic mass is 16.6. The molecule has 13 heavy (non-hydrogen) atoms. The second kappa shape index (κ2) is 4.84. The van der Waals surface area contributed by atoms with Crippen LogP contribution in [0.5, 0.6) is 0 Å². The summed E-state index contributed by atoms with van der Waals surface area (Å²) in [7, 11) is 1.48. The zero-order chi connectivity index (χ0) is 9.68. The molecule has 5 heteroatoms. The molecule has 1 rings (SSSR count). The van der Waals surface area contributed by atoms with Crippen LogP contribution >= 0.6 is 0 Å². The van der Waals surface area contributed by atoms with Gasteiger partial charge in [0, 0.05) is 19.9 Å². The third kappa shape index (κ3) is 3.43. The van der Waals surface area contributed by atoms with Crippen molar-refractivity contribution >= 4 is 5.69 Å². The Morgan fingerprint density at radius 1 is 1.77 bits per heavy atom. The van der Waals surface area contributed by atoms with E-state index in [2.05, 4.69) is 5.10 Å². The highest BCUT2D eigenvalue weighted by Gasteiger charge is 2.01. The zero-order valence-electron chi connectivity index (χ0n) is 7.68. The first-order valence-corrected chi connectivity index (χ1v) is 4.21. The van der Waals surface area contributed by atoms with E-state index in [4.69, 9.17) is 15.6 Å². The van der Waals surface area contributed by atoms with Crippen LogP contribution in [0.25, 0.3) is 0 Å². The Morgan fingerprint density at radius 3 is 3.08 bits per heavy atom. The average Bonchev–Trinajstić information content (AvgIpc) is 2.51. The van der Waals surface area contributed by atoms with Crippen molar-refractivity contribution in [2.45, 2.75) is 25.7 Å². The van der Waals surface area contributed by atoms with E-state index < -0.39 is 6.29 Å². The van der Waals surface area contributed by atoms with Crippen LogP contribution in [0.3, 0.4) is 0 Å². The van der Waals surface area contributed by atoms with Gasteiger partial charge in [-0.2, -0.15) is 5.10 Å². The van der Waals surface area contributed by atoms with E-state index in [-0.39, 0.29) is 0 Å². The molecule has 5 nitrogen and oxygen atoms in total. The molecule has 0 aromatic carbocycles. The predicted octanol–water partition coefficient (Wildman–Crippen LogP) is 0.210. The molecule has 1 aromatic heterocycles. The minimum atomic E-state index is -0.673. The number of ether oxygens (including phenoxy) is 1. The van der Waals surface area contributed by atoms with Gasteiger partial charge in [0.1, 0.15) is 0 Å². The normalized spacial score (nSPS) is 13.1. The van der Waals surface area contributed by atoms with Crippen molar-refractivity contribution < 1.29 is 9.84 Å². The second-order valence-electron chi connectivity index (χ2n) is 2.87. The van der Waals surface area contributed by atoms with Crippen molar-refractivity contribution in [3.63, 3.8) is 0 Å². The van der Waals surface area contributed by atoms with Crippen LogP contribution in [0.1, 0.15) is 12.8 Å². The average molecular weight is 185 g/mol. The number of nitrogen functional groups attached to an aromatic ring is 1. The fourth-order valence-electron chi connectivity index (χ4n) is 1.05. The minimum absolute atomic E-state index is 0.607. The number of aliphatic hydroxyl groups is 1. The summed E-state index contributed by atoms with van der Waals surface area (Å²) in [5, 5.41) is 13.1. The number of aryl methyl sites for hydroxylation is 1. The van der Waals surface area contributed by atoms with Crippen molar-refractivity contribution in [1.29, 1.82) is 0 Å². The van der Waals surface area contributed by atoms with E-state index in [9.17, 15) is 0 Å². The van der Waals surface area contributed by atoms with Crippen LogP contribution in [0, 0.1) is 0 Å². The van der Waals surface area contributed by atoms with Crippen LogP contribution in [-0.4, -0.2) is 28.3 Å². The summed E-state index contributed by atoms with van der Waals surface area (Å²) in [5.41, 5.74) is 6.14. The third-order valence-electron chi connectivity index (χ3n) is 1.76. The lowest BCUT2D eigenvalue weighted by molar-refractivity contribution is -0.0796. The maximum Gasteiger partial charge on any atom is 0.154 e. The molecule has 0 aliphatic rings. The number of nitrogens with zero attached hydrogens (tertiary/aromatic N) is 2. The monoisotopic (exact) mass is 185 g/mol.